The van der Waals surface area contributed by atoms with Crippen LogP contribution < -0.4 is 15.5 Å². The third-order valence-corrected chi connectivity index (χ3v) is 5.93. The number of aromatic nitrogens is 4. The number of nitrogens with zero attached hydrogens (tertiary/aromatic N) is 5. The fourth-order valence-electron chi connectivity index (χ4n) is 3.98. The Labute approximate surface area is 193 Å². The molecule has 33 heavy (non-hydrogen) atoms. The summed E-state index contributed by atoms with van der Waals surface area (Å²) in [7, 11) is 0. The summed E-state index contributed by atoms with van der Waals surface area (Å²) in [5.74, 6) is 0.487. The van der Waals surface area contributed by atoms with Gasteiger partial charge in [-0.2, -0.15) is 0 Å². The molecule has 0 radical (unpaired) electrons. The highest BCUT2D eigenvalue weighted by molar-refractivity contribution is 6.01. The van der Waals surface area contributed by atoms with Crippen LogP contribution in [0.5, 0.6) is 0 Å². The van der Waals surface area contributed by atoms with E-state index in [4.69, 9.17) is 18.3 Å². The first-order chi connectivity index (χ1) is 17.3. The molecule has 1 aromatic carbocycles. The molecule has 0 spiro atoms. The number of carbonyl (C=O) groups is 1. The number of carbonyl (C=O) groups excluding carboxylic acids is 1. The lowest BCUT2D eigenvalue weighted by Crippen LogP contribution is -2.36. The summed E-state index contributed by atoms with van der Waals surface area (Å²) in [4.78, 5) is 23.5. The number of nitrogens with one attached hydrogen (secondary N) is 2. The van der Waals surface area contributed by atoms with Crippen LogP contribution in [0.15, 0.2) is 34.9 Å². The molecule has 2 N–H and O–H groups in total. The summed E-state index contributed by atoms with van der Waals surface area (Å²) in [5.41, 5.74) is 3.04. The molecule has 4 heterocycles. The Balaban J connectivity index is 1.42. The van der Waals surface area contributed by atoms with Gasteiger partial charge in [0.05, 0.1) is 18.8 Å². The van der Waals surface area contributed by atoms with Gasteiger partial charge in [-0.05, 0) is 37.1 Å². The van der Waals surface area contributed by atoms with Gasteiger partial charge in [0.15, 0.2) is 17.2 Å². The van der Waals surface area contributed by atoms with E-state index in [1.54, 1.807) is 6.07 Å². The highest BCUT2D eigenvalue weighted by atomic mass is 16.5. The van der Waals surface area contributed by atoms with Crippen LogP contribution in [-0.4, -0.2) is 59.4 Å². The fourth-order valence-corrected chi connectivity index (χ4v) is 3.98. The number of benzene rings is 1. The molecule has 10 heteroatoms. The second-order valence-electron chi connectivity index (χ2n) is 8.17. The largest absolute Gasteiger partial charge is 0.436 e. The summed E-state index contributed by atoms with van der Waals surface area (Å²) in [6.45, 7) is 0.483. The highest BCUT2D eigenvalue weighted by Gasteiger charge is 2.30. The minimum absolute atomic E-state index is 0.00935. The summed E-state index contributed by atoms with van der Waals surface area (Å²) in [6.07, 6.45) is 3.19. The lowest BCUT2D eigenvalue weighted by atomic mass is 10.1. The number of fused-ring (bicyclic) bond motifs is 2. The van der Waals surface area contributed by atoms with E-state index in [1.165, 1.54) is 6.20 Å². The summed E-state index contributed by atoms with van der Waals surface area (Å²) in [6, 6.07) is 7.46. The first kappa shape index (κ1) is 16.8. The lowest BCUT2D eigenvalue weighted by molar-refractivity contribution is -0.117. The number of hydrogen-bond donors (Lipinski definition) is 2. The van der Waals surface area contributed by atoms with Crippen LogP contribution in [0.3, 0.4) is 0 Å². The van der Waals surface area contributed by atoms with Gasteiger partial charge in [-0.1, -0.05) is 0 Å². The molecule has 6 rings (SSSR count). The second kappa shape index (κ2) is 7.96. The minimum atomic E-state index is -2.48. The van der Waals surface area contributed by atoms with Crippen LogP contribution in [0.25, 0.3) is 33.5 Å². The minimum Gasteiger partial charge on any atom is -0.436 e. The first-order valence-electron chi connectivity index (χ1n) is 12.3. The zero-order valence-corrected chi connectivity index (χ0v) is 17.7. The molecule has 3 aromatic heterocycles. The van der Waals surface area contributed by atoms with Crippen molar-refractivity contribution in [3.8, 4) is 11.5 Å². The van der Waals surface area contributed by atoms with E-state index in [0.29, 0.717) is 41.2 Å². The normalized spacial score (nSPS) is 18.1. The number of hydrogen-bond acceptors (Lipinski definition) is 9. The summed E-state index contributed by atoms with van der Waals surface area (Å²) >= 11 is 0. The molecule has 2 fully saturated rings. The number of ether oxygens (including phenoxy) is 1. The topological polar surface area (TPSA) is 118 Å². The average Bonchev–Trinajstić information content (AvgIpc) is 3.63. The zero-order chi connectivity index (χ0) is 24.9. The highest BCUT2D eigenvalue weighted by Crippen LogP contribution is 2.34. The van der Waals surface area contributed by atoms with Crippen molar-refractivity contribution in [2.45, 2.75) is 12.8 Å². The molecule has 4 aromatic rings. The monoisotopic (exact) mass is 448 g/mol. The van der Waals surface area contributed by atoms with Crippen molar-refractivity contribution in [3.63, 3.8) is 0 Å². The van der Waals surface area contributed by atoms with E-state index in [9.17, 15) is 4.79 Å². The van der Waals surface area contributed by atoms with Crippen LogP contribution >= 0.6 is 0 Å². The molecule has 168 valence electrons. The summed E-state index contributed by atoms with van der Waals surface area (Å²) in [5, 5.41) is 13.9. The van der Waals surface area contributed by atoms with E-state index >= 15 is 0 Å². The van der Waals surface area contributed by atoms with Crippen LogP contribution in [0.1, 0.15) is 17.0 Å². The molecule has 0 bridgehead atoms. The van der Waals surface area contributed by atoms with Gasteiger partial charge in [-0.25, -0.2) is 9.97 Å². The van der Waals surface area contributed by atoms with Crippen molar-refractivity contribution in [3.05, 3.63) is 30.5 Å². The number of anilines is 3. The zero-order valence-electron chi connectivity index (χ0n) is 20.7. The van der Waals surface area contributed by atoms with Gasteiger partial charge in [0, 0.05) is 47.4 Å². The average molecular weight is 449 g/mol. The molecule has 1 amide bonds. The second-order valence-corrected chi connectivity index (χ2v) is 8.17. The van der Waals surface area contributed by atoms with Gasteiger partial charge in [-0.15, -0.1) is 10.2 Å². The predicted octanol–water partition coefficient (Wildman–Crippen LogP) is 3.06. The Morgan fingerprint density at radius 3 is 2.91 bits per heavy atom. The van der Waals surface area contributed by atoms with E-state index in [-0.39, 0.29) is 29.0 Å². The van der Waals surface area contributed by atoms with E-state index < -0.39 is 6.98 Å². The van der Waals surface area contributed by atoms with Crippen molar-refractivity contribution in [2.24, 2.45) is 5.92 Å². The van der Waals surface area contributed by atoms with Gasteiger partial charge < -0.3 is 24.7 Å². The van der Waals surface area contributed by atoms with Crippen molar-refractivity contribution >= 4 is 45.2 Å². The molecular weight excluding hydrogens is 422 g/mol. The van der Waals surface area contributed by atoms with Crippen LogP contribution in [0.4, 0.5) is 17.3 Å². The van der Waals surface area contributed by atoms with Gasteiger partial charge in [0.2, 0.25) is 11.8 Å². The standard InChI is InChI=1S/C23H23N7O3/c1-24-21-20-15(11-19(28-29-20)27-22(31)13-2-3-13)16(12-25-21)23-26-17-10-14(4-5-18(17)33-23)30-6-8-32-9-7-30/h4-5,10-13H,2-3,6-9H2,1H3,(H,24,25)(H,27,28,31)/i1D3. The first-order valence-corrected chi connectivity index (χ1v) is 10.8. The molecule has 1 saturated carbocycles. The SMILES string of the molecule is [2H]C([2H])([2H])Nc1ncc(-c2nc3cc(N4CCOCC4)ccc3o2)c2cc(NC(=O)C3CC3)nnc12. The van der Waals surface area contributed by atoms with Crippen LogP contribution in [-0.2, 0) is 9.53 Å². The third kappa shape index (κ3) is 3.72. The van der Waals surface area contributed by atoms with Gasteiger partial charge >= 0.3 is 0 Å². The number of morpholine rings is 1. The van der Waals surface area contributed by atoms with Gasteiger partial charge in [0.25, 0.3) is 0 Å². The Morgan fingerprint density at radius 1 is 1.21 bits per heavy atom. The van der Waals surface area contributed by atoms with Gasteiger partial charge in [-0.3, -0.25) is 4.79 Å². The predicted molar refractivity (Wildman–Crippen MR) is 124 cm³/mol. The van der Waals surface area contributed by atoms with Crippen molar-refractivity contribution in [2.75, 3.05) is 48.8 Å². The lowest BCUT2D eigenvalue weighted by Gasteiger charge is -2.28. The maximum Gasteiger partial charge on any atom is 0.229 e. The maximum atomic E-state index is 12.3. The quantitative estimate of drug-likeness (QED) is 0.475. The van der Waals surface area contributed by atoms with Crippen molar-refractivity contribution in [1.29, 1.82) is 0 Å². The van der Waals surface area contributed by atoms with Crippen molar-refractivity contribution in [1.82, 2.24) is 20.2 Å². The Morgan fingerprint density at radius 2 is 2.09 bits per heavy atom. The molecule has 0 atom stereocenters. The Bertz CT molecular complexity index is 1460. The van der Waals surface area contributed by atoms with E-state index in [1.807, 2.05) is 18.2 Å². The molecule has 10 nitrogen and oxygen atoms in total. The maximum absolute atomic E-state index is 12.3. The molecule has 1 aliphatic carbocycles. The van der Waals surface area contributed by atoms with Crippen molar-refractivity contribution < 1.29 is 18.1 Å². The summed E-state index contributed by atoms with van der Waals surface area (Å²) < 4.78 is 34.2. The molecule has 1 aliphatic heterocycles. The molecule has 1 saturated heterocycles. The Hall–Kier alpha value is -3.79. The van der Waals surface area contributed by atoms with E-state index in [2.05, 4.69) is 30.7 Å². The number of amides is 1. The molecule has 0 unspecified atom stereocenters. The number of oxazole rings is 1. The third-order valence-electron chi connectivity index (χ3n) is 5.93. The smallest absolute Gasteiger partial charge is 0.229 e. The Kier molecular flexibility index (Phi) is 4.05. The molecule has 2 aliphatic rings. The number of pyridine rings is 1. The fraction of sp³-hybridized carbons (Fsp3) is 0.348. The van der Waals surface area contributed by atoms with E-state index in [0.717, 1.165) is 31.6 Å². The van der Waals surface area contributed by atoms with Gasteiger partial charge in [0.1, 0.15) is 11.0 Å². The van der Waals surface area contributed by atoms with Crippen LogP contribution in [0.2, 0.25) is 0 Å². The van der Waals surface area contributed by atoms with Crippen LogP contribution in [0, 0.1) is 5.92 Å². The number of rotatable bonds is 5. The molecular formula is C23H23N7O3.